The Morgan fingerprint density at radius 3 is 2.24 bits per heavy atom. The molecule has 4 nitrogen and oxygen atoms in total. The van der Waals surface area contributed by atoms with E-state index in [1.54, 1.807) is 0 Å². The van der Waals surface area contributed by atoms with E-state index >= 15 is 0 Å². The molecule has 1 aliphatic heterocycles. The first-order valence-electron chi connectivity index (χ1n) is 6.14. The van der Waals surface area contributed by atoms with Crippen molar-refractivity contribution in [2.75, 3.05) is 26.7 Å². The fourth-order valence-corrected chi connectivity index (χ4v) is 2.16. The van der Waals surface area contributed by atoms with Gasteiger partial charge >= 0.3 is 0 Å². The summed E-state index contributed by atoms with van der Waals surface area (Å²) in [7, 11) is 1.88. The third-order valence-corrected chi connectivity index (χ3v) is 3.16. The molecule has 0 aliphatic carbocycles. The average molecular weight is 264 g/mol. The largest absolute Gasteiger partial charge is 0.342 e. The second-order valence-electron chi connectivity index (χ2n) is 5.26. The highest BCUT2D eigenvalue weighted by atomic mass is 35.5. The van der Waals surface area contributed by atoms with Gasteiger partial charge in [0.25, 0.3) is 0 Å². The molecule has 0 aromatic rings. The first-order chi connectivity index (χ1) is 7.40. The van der Waals surface area contributed by atoms with Crippen molar-refractivity contribution in [3.63, 3.8) is 0 Å². The van der Waals surface area contributed by atoms with E-state index in [1.807, 2.05) is 25.8 Å². The number of carbonyl (C=O) groups is 1. The van der Waals surface area contributed by atoms with Crippen LogP contribution in [0.1, 0.15) is 27.7 Å². The van der Waals surface area contributed by atoms with Gasteiger partial charge in [-0.25, -0.2) is 0 Å². The number of piperazine rings is 1. The molecule has 1 saturated heterocycles. The van der Waals surface area contributed by atoms with Crippen LogP contribution in [0.25, 0.3) is 0 Å². The number of nitrogens with zero attached hydrogens (tertiary/aromatic N) is 2. The van der Waals surface area contributed by atoms with E-state index in [9.17, 15) is 4.79 Å². The first-order valence-corrected chi connectivity index (χ1v) is 6.14. The molecule has 2 atom stereocenters. The van der Waals surface area contributed by atoms with Crippen molar-refractivity contribution in [3.05, 3.63) is 0 Å². The Kier molecular flexibility index (Phi) is 7.05. The normalized spacial score (nSPS) is 25.5. The van der Waals surface area contributed by atoms with Gasteiger partial charge in [0.1, 0.15) is 0 Å². The summed E-state index contributed by atoms with van der Waals surface area (Å²) in [4.78, 5) is 16.0. The van der Waals surface area contributed by atoms with Crippen LogP contribution in [0.15, 0.2) is 0 Å². The molecule has 2 unspecified atom stereocenters. The van der Waals surface area contributed by atoms with Crippen molar-refractivity contribution in [3.8, 4) is 0 Å². The lowest BCUT2D eigenvalue weighted by molar-refractivity contribution is -0.133. The third kappa shape index (κ3) is 5.23. The Morgan fingerprint density at radius 2 is 1.82 bits per heavy atom. The van der Waals surface area contributed by atoms with E-state index in [-0.39, 0.29) is 24.4 Å². The minimum atomic E-state index is 0. The summed E-state index contributed by atoms with van der Waals surface area (Å²) >= 11 is 0. The van der Waals surface area contributed by atoms with E-state index in [1.165, 1.54) is 0 Å². The van der Waals surface area contributed by atoms with Crippen LogP contribution in [-0.4, -0.2) is 60.5 Å². The molecule has 1 aliphatic rings. The Balaban J connectivity index is 0.00000256. The topological polar surface area (TPSA) is 35.6 Å². The number of likely N-dealkylation sites (N-methyl/N-ethyl adjacent to an activating group) is 1. The van der Waals surface area contributed by atoms with Crippen molar-refractivity contribution < 1.29 is 4.79 Å². The van der Waals surface area contributed by atoms with Crippen LogP contribution in [-0.2, 0) is 4.79 Å². The van der Waals surface area contributed by atoms with Crippen molar-refractivity contribution in [1.82, 2.24) is 15.1 Å². The summed E-state index contributed by atoms with van der Waals surface area (Å²) in [5.41, 5.74) is 0. The summed E-state index contributed by atoms with van der Waals surface area (Å²) in [5.74, 6) is 0.219. The van der Waals surface area contributed by atoms with Crippen molar-refractivity contribution in [2.24, 2.45) is 0 Å². The third-order valence-electron chi connectivity index (χ3n) is 3.16. The van der Waals surface area contributed by atoms with Gasteiger partial charge in [0.05, 0.1) is 6.54 Å². The van der Waals surface area contributed by atoms with Gasteiger partial charge in [-0.05, 0) is 27.7 Å². The summed E-state index contributed by atoms with van der Waals surface area (Å²) in [6.07, 6.45) is 0. The highest BCUT2D eigenvalue weighted by Crippen LogP contribution is 2.05. The number of hydrogen-bond acceptors (Lipinski definition) is 3. The number of rotatable bonds is 3. The van der Waals surface area contributed by atoms with Gasteiger partial charge in [-0.3, -0.25) is 9.69 Å². The van der Waals surface area contributed by atoms with E-state index in [0.29, 0.717) is 18.6 Å². The molecule has 1 N–H and O–H groups in total. The van der Waals surface area contributed by atoms with Gasteiger partial charge < -0.3 is 10.2 Å². The lowest BCUT2D eigenvalue weighted by Crippen LogP contribution is -2.56. The highest BCUT2D eigenvalue weighted by Gasteiger charge is 2.23. The van der Waals surface area contributed by atoms with Crippen LogP contribution in [0, 0.1) is 0 Å². The molecular formula is C12H26ClN3O. The van der Waals surface area contributed by atoms with Crippen molar-refractivity contribution in [2.45, 2.75) is 45.8 Å². The summed E-state index contributed by atoms with van der Waals surface area (Å²) < 4.78 is 0. The Morgan fingerprint density at radius 1 is 1.35 bits per heavy atom. The van der Waals surface area contributed by atoms with E-state index in [0.717, 1.165) is 13.1 Å². The number of nitrogens with one attached hydrogen (secondary N) is 1. The Labute approximate surface area is 111 Å². The summed E-state index contributed by atoms with van der Waals surface area (Å²) in [6.45, 7) is 10.9. The maximum Gasteiger partial charge on any atom is 0.236 e. The molecule has 0 bridgehead atoms. The SMILES string of the molecule is CC1CN(CC(=O)N(C)C(C)C)CC(C)N1.Cl. The van der Waals surface area contributed by atoms with Crippen LogP contribution in [0.5, 0.6) is 0 Å². The highest BCUT2D eigenvalue weighted by molar-refractivity contribution is 5.85. The molecule has 5 heteroatoms. The van der Waals surface area contributed by atoms with Crippen molar-refractivity contribution >= 4 is 18.3 Å². The van der Waals surface area contributed by atoms with Crippen LogP contribution >= 0.6 is 12.4 Å². The zero-order valence-electron chi connectivity index (χ0n) is 11.6. The van der Waals surface area contributed by atoms with Gasteiger partial charge in [-0.15, -0.1) is 12.4 Å². The quantitative estimate of drug-likeness (QED) is 0.824. The molecule has 1 fully saturated rings. The van der Waals surface area contributed by atoms with Gasteiger partial charge in [-0.2, -0.15) is 0 Å². The van der Waals surface area contributed by atoms with Crippen LogP contribution in [0.4, 0.5) is 0 Å². The number of carbonyl (C=O) groups excluding carboxylic acids is 1. The predicted molar refractivity (Wildman–Crippen MR) is 73.7 cm³/mol. The maximum absolute atomic E-state index is 11.9. The van der Waals surface area contributed by atoms with E-state index < -0.39 is 0 Å². The molecule has 1 amide bonds. The standard InChI is InChI=1S/C12H25N3O.ClH/c1-9(2)14(5)12(16)8-15-6-10(3)13-11(4)7-15;/h9-11,13H,6-8H2,1-5H3;1H. The van der Waals surface area contributed by atoms with Gasteiger partial charge in [0, 0.05) is 38.3 Å². The van der Waals surface area contributed by atoms with Crippen LogP contribution in [0.3, 0.4) is 0 Å². The molecule has 102 valence electrons. The molecule has 0 aromatic carbocycles. The molecule has 1 rings (SSSR count). The fraction of sp³-hybridized carbons (Fsp3) is 0.917. The molecule has 0 spiro atoms. The summed E-state index contributed by atoms with van der Waals surface area (Å²) in [5, 5.41) is 3.47. The second kappa shape index (κ2) is 7.19. The molecule has 17 heavy (non-hydrogen) atoms. The van der Waals surface area contributed by atoms with Gasteiger partial charge in [0.2, 0.25) is 5.91 Å². The summed E-state index contributed by atoms with van der Waals surface area (Å²) in [6, 6.07) is 1.23. The zero-order valence-corrected chi connectivity index (χ0v) is 12.4. The molecule has 0 aromatic heterocycles. The smallest absolute Gasteiger partial charge is 0.236 e. The lowest BCUT2D eigenvalue weighted by Gasteiger charge is -2.36. The number of amides is 1. The molecule has 0 radical (unpaired) electrons. The van der Waals surface area contributed by atoms with Crippen molar-refractivity contribution in [1.29, 1.82) is 0 Å². The van der Waals surface area contributed by atoms with Gasteiger partial charge in [0.15, 0.2) is 0 Å². The number of hydrogen-bond donors (Lipinski definition) is 1. The molecular weight excluding hydrogens is 238 g/mol. The second-order valence-corrected chi connectivity index (χ2v) is 5.26. The fourth-order valence-electron chi connectivity index (χ4n) is 2.16. The average Bonchev–Trinajstić information content (AvgIpc) is 2.14. The maximum atomic E-state index is 11.9. The molecule has 0 saturated carbocycles. The first kappa shape index (κ1) is 16.7. The van der Waals surface area contributed by atoms with Gasteiger partial charge in [-0.1, -0.05) is 0 Å². The van der Waals surface area contributed by atoms with E-state index in [4.69, 9.17) is 0 Å². The van der Waals surface area contributed by atoms with E-state index in [2.05, 4.69) is 24.1 Å². The molecule has 1 heterocycles. The van der Waals surface area contributed by atoms with Crippen LogP contribution in [0.2, 0.25) is 0 Å². The minimum Gasteiger partial charge on any atom is -0.342 e. The number of halogens is 1. The van der Waals surface area contributed by atoms with Crippen LogP contribution < -0.4 is 5.32 Å². The zero-order chi connectivity index (χ0) is 12.3. The monoisotopic (exact) mass is 263 g/mol. The predicted octanol–water partition coefficient (Wildman–Crippen LogP) is 0.957. The lowest BCUT2D eigenvalue weighted by atomic mass is 10.1. The Bertz CT molecular complexity index is 238. The minimum absolute atomic E-state index is 0. The Hall–Kier alpha value is -0.320.